The standard InChI is InChI=1S/C8H13N3S.C3H7N3S2.C3H7N3S.C2H5N3S2/c1-5(2)7-4-12-8(11-7)10-6(3)9;1-8-3(5)6-2(4)7;1-2(4)6-3(5)7;3-1(6)5-2(4)7/h4-5H,1-3H3,(H2,9,10,11);1H3,(H4,4,5,6,7);1H3,(H4,4,5,6,7);(H5,3,4,5,6,7). The van der Waals surface area contributed by atoms with Crippen LogP contribution in [0.3, 0.4) is 0 Å². The lowest BCUT2D eigenvalue weighted by Gasteiger charge is -1.95. The van der Waals surface area contributed by atoms with Crippen molar-refractivity contribution >= 4 is 114 Å². The van der Waals surface area contributed by atoms with Crippen molar-refractivity contribution in [1.82, 2.24) is 10.3 Å². The minimum atomic E-state index is 0.0804. The molecule has 0 aliphatic rings. The molecule has 0 aromatic carbocycles. The number of thioether (sulfide) groups is 1. The highest BCUT2D eigenvalue weighted by molar-refractivity contribution is 8.13. The summed E-state index contributed by atoms with van der Waals surface area (Å²) in [7, 11) is 0. The molecule has 18 heteroatoms. The van der Waals surface area contributed by atoms with E-state index in [1.165, 1.54) is 23.1 Å². The van der Waals surface area contributed by atoms with Crippen LogP contribution in [0.4, 0.5) is 5.13 Å². The third kappa shape index (κ3) is 29.8. The van der Waals surface area contributed by atoms with Gasteiger partial charge in [-0.3, -0.25) is 0 Å². The highest BCUT2D eigenvalue weighted by Crippen LogP contribution is 2.23. The first-order valence-electron chi connectivity index (χ1n) is 8.91. The lowest BCUT2D eigenvalue weighted by atomic mass is 10.2. The molecule has 12 nitrogen and oxygen atoms in total. The molecular weight excluding hydrogens is 553 g/mol. The van der Waals surface area contributed by atoms with Crippen molar-refractivity contribution in [2.45, 2.75) is 33.6 Å². The van der Waals surface area contributed by atoms with Crippen LogP contribution in [0.15, 0.2) is 20.4 Å². The number of hydrogen-bond donors (Lipinski definition) is 8. The van der Waals surface area contributed by atoms with Crippen molar-refractivity contribution in [2.24, 2.45) is 55.1 Å². The number of nitrogens with zero attached hydrogens (tertiary/aromatic N) is 4. The van der Waals surface area contributed by atoms with Gasteiger partial charge in [-0.1, -0.05) is 25.6 Å². The molecule has 0 saturated carbocycles. The number of thiazole rings is 1. The number of aliphatic imine (C=N–C) groups is 3. The number of hydrogen-bond acceptors (Lipinski definition) is 8. The van der Waals surface area contributed by atoms with Gasteiger partial charge in [0.25, 0.3) is 0 Å². The fourth-order valence-electron chi connectivity index (χ4n) is 1.19. The predicted octanol–water partition coefficient (Wildman–Crippen LogP) is 0.853. The molecule has 192 valence electrons. The maximum absolute atomic E-state index is 5.43. The van der Waals surface area contributed by atoms with E-state index in [1.807, 2.05) is 5.38 Å². The van der Waals surface area contributed by atoms with E-state index in [-0.39, 0.29) is 20.4 Å². The molecule has 0 bridgehead atoms. The van der Waals surface area contributed by atoms with Crippen molar-refractivity contribution in [1.29, 1.82) is 0 Å². The molecule has 15 N–H and O–H groups in total. The Morgan fingerprint density at radius 3 is 1.56 bits per heavy atom. The van der Waals surface area contributed by atoms with Gasteiger partial charge in [0.15, 0.2) is 25.6 Å². The average Bonchev–Trinajstić information content (AvgIpc) is 3.08. The largest absolute Gasteiger partial charge is 0.387 e. The number of nitrogens with two attached hydrogens (primary N) is 7. The van der Waals surface area contributed by atoms with E-state index in [0.717, 1.165) is 10.8 Å². The van der Waals surface area contributed by atoms with Gasteiger partial charge in [0, 0.05) is 5.38 Å². The highest BCUT2D eigenvalue weighted by atomic mass is 32.2. The lowest BCUT2D eigenvalue weighted by molar-refractivity contribution is 0.833. The summed E-state index contributed by atoms with van der Waals surface area (Å²) in [4.78, 5) is 15.4. The lowest BCUT2D eigenvalue weighted by Crippen LogP contribution is -2.38. The number of nitrogens with one attached hydrogen (secondary N) is 1. The van der Waals surface area contributed by atoms with Crippen LogP contribution in [-0.4, -0.2) is 48.5 Å². The quantitative estimate of drug-likeness (QED) is 0.136. The van der Waals surface area contributed by atoms with E-state index >= 15 is 0 Å². The van der Waals surface area contributed by atoms with Crippen LogP contribution in [-0.2, 0) is 0 Å². The van der Waals surface area contributed by atoms with Gasteiger partial charge in [0.2, 0.25) is 5.13 Å². The van der Waals surface area contributed by atoms with Crippen LogP contribution in [0.25, 0.3) is 0 Å². The zero-order valence-electron chi connectivity index (χ0n) is 19.4. The second kappa shape index (κ2) is 21.3. The van der Waals surface area contributed by atoms with E-state index in [2.05, 4.69) is 88.0 Å². The van der Waals surface area contributed by atoms with E-state index in [9.17, 15) is 0 Å². The van der Waals surface area contributed by atoms with Crippen molar-refractivity contribution in [3.05, 3.63) is 11.1 Å². The molecule has 0 spiro atoms. The summed E-state index contributed by atoms with van der Waals surface area (Å²) in [5, 5.41) is 5.87. The molecule has 1 aromatic rings. The SMILES string of the molecule is CC(N)=NC(N)=S.CC(N)=Nc1nc(C(C)C)cs1.CSC(N)=NC(N)=S.NC(=S)NC(N)=S. The van der Waals surface area contributed by atoms with Gasteiger partial charge in [0.05, 0.1) is 17.4 Å². The van der Waals surface area contributed by atoms with Crippen LogP contribution in [0.1, 0.15) is 39.3 Å². The van der Waals surface area contributed by atoms with Crippen LogP contribution in [0, 0.1) is 0 Å². The monoisotopic (exact) mass is 584 g/mol. The fourth-order valence-corrected chi connectivity index (χ4v) is 2.87. The predicted molar refractivity (Wildman–Crippen MR) is 166 cm³/mol. The third-order valence-corrected chi connectivity index (χ3v) is 3.98. The summed E-state index contributed by atoms with van der Waals surface area (Å²) in [6, 6.07) is 0. The molecule has 1 aromatic heterocycles. The van der Waals surface area contributed by atoms with Gasteiger partial charge >= 0.3 is 0 Å². The van der Waals surface area contributed by atoms with Crippen molar-refractivity contribution in [3.8, 4) is 0 Å². The van der Waals surface area contributed by atoms with Crippen LogP contribution in [0.5, 0.6) is 0 Å². The Hall–Kier alpha value is -2.25. The number of aromatic nitrogens is 1. The molecular formula is C16H32N12S6. The summed E-state index contributed by atoms with van der Waals surface area (Å²) in [6.07, 6.45) is 1.80. The maximum atomic E-state index is 5.43. The second-order valence-electron chi connectivity index (χ2n) is 5.90. The molecule has 0 saturated heterocycles. The third-order valence-electron chi connectivity index (χ3n) is 2.34. The Kier molecular flexibility index (Phi) is 22.7. The summed E-state index contributed by atoms with van der Waals surface area (Å²) in [6.45, 7) is 7.60. The fraction of sp³-hybridized carbons (Fsp3) is 0.375. The average molecular weight is 585 g/mol. The Morgan fingerprint density at radius 2 is 1.38 bits per heavy atom. The van der Waals surface area contributed by atoms with Gasteiger partial charge in [-0.15, -0.1) is 11.3 Å². The van der Waals surface area contributed by atoms with Crippen molar-refractivity contribution in [3.63, 3.8) is 0 Å². The summed E-state index contributed by atoms with van der Waals surface area (Å²) in [5.74, 6) is 1.41. The normalized spacial score (nSPS) is 10.9. The summed E-state index contributed by atoms with van der Waals surface area (Å²) >= 11 is 20.4. The van der Waals surface area contributed by atoms with E-state index in [4.69, 9.17) is 40.1 Å². The maximum Gasteiger partial charge on any atom is 0.210 e. The summed E-state index contributed by atoms with van der Waals surface area (Å²) in [5.41, 5.74) is 36.7. The smallest absolute Gasteiger partial charge is 0.210 e. The van der Waals surface area contributed by atoms with Crippen LogP contribution < -0.4 is 45.5 Å². The molecule has 1 rings (SSSR count). The molecule has 0 aliphatic carbocycles. The molecule has 1 heterocycles. The first-order chi connectivity index (χ1) is 15.5. The van der Waals surface area contributed by atoms with Crippen molar-refractivity contribution < 1.29 is 0 Å². The molecule has 0 unspecified atom stereocenters. The topological polar surface area (TPSA) is 244 Å². The minimum absolute atomic E-state index is 0.0804. The molecule has 34 heavy (non-hydrogen) atoms. The van der Waals surface area contributed by atoms with E-state index in [0.29, 0.717) is 22.8 Å². The zero-order chi connectivity index (χ0) is 27.4. The van der Waals surface area contributed by atoms with Gasteiger partial charge < -0.3 is 45.5 Å². The molecule has 0 fully saturated rings. The molecule has 0 radical (unpaired) electrons. The van der Waals surface area contributed by atoms with Gasteiger partial charge in [0.1, 0.15) is 0 Å². The Morgan fingerprint density at radius 1 is 0.912 bits per heavy atom. The Balaban J connectivity index is -0.000000390. The van der Waals surface area contributed by atoms with Gasteiger partial charge in [-0.2, -0.15) is 4.99 Å². The van der Waals surface area contributed by atoms with E-state index < -0.39 is 0 Å². The number of rotatable bonds is 2. The minimum Gasteiger partial charge on any atom is -0.387 e. The van der Waals surface area contributed by atoms with Crippen LogP contribution >= 0.6 is 72.0 Å². The van der Waals surface area contributed by atoms with Gasteiger partial charge in [-0.05, 0) is 74.9 Å². The van der Waals surface area contributed by atoms with E-state index in [1.54, 1.807) is 20.1 Å². The zero-order valence-corrected chi connectivity index (χ0v) is 24.3. The van der Waals surface area contributed by atoms with Gasteiger partial charge in [-0.25, -0.2) is 15.0 Å². The molecule has 0 atom stereocenters. The number of amidine groups is 3. The first kappa shape index (κ1) is 36.3. The highest BCUT2D eigenvalue weighted by Gasteiger charge is 2.03. The Labute approximate surface area is 229 Å². The van der Waals surface area contributed by atoms with Crippen LogP contribution in [0.2, 0.25) is 0 Å². The second-order valence-corrected chi connectivity index (χ2v) is 9.28. The summed E-state index contributed by atoms with van der Waals surface area (Å²) < 4.78 is 0. The first-order valence-corrected chi connectivity index (χ1v) is 12.6. The Bertz CT molecular complexity index is 871. The number of thiocarbonyl (C=S) groups is 4. The molecule has 0 amide bonds. The van der Waals surface area contributed by atoms with Crippen molar-refractivity contribution in [2.75, 3.05) is 6.26 Å². The molecule has 0 aliphatic heterocycles.